The lowest BCUT2D eigenvalue weighted by atomic mass is 9.98. The number of aliphatic carboxylic acids is 1. The molecule has 4 rings (SSSR count). The van der Waals surface area contributed by atoms with Crippen LogP contribution >= 0.6 is 0 Å². The van der Waals surface area contributed by atoms with Crippen LogP contribution in [-0.2, 0) is 19.1 Å². The van der Waals surface area contributed by atoms with Gasteiger partial charge >= 0.3 is 12.1 Å². The van der Waals surface area contributed by atoms with Crippen LogP contribution in [0.15, 0.2) is 48.5 Å². The number of nitrogens with zero attached hydrogens (tertiary/aromatic N) is 1. The van der Waals surface area contributed by atoms with E-state index in [-0.39, 0.29) is 44.2 Å². The van der Waals surface area contributed by atoms with E-state index < -0.39 is 24.5 Å². The summed E-state index contributed by atoms with van der Waals surface area (Å²) in [6.45, 7) is 0.0142. The molecule has 0 saturated carbocycles. The van der Waals surface area contributed by atoms with Crippen molar-refractivity contribution < 1.29 is 29.0 Å². The van der Waals surface area contributed by atoms with Gasteiger partial charge in [0.15, 0.2) is 0 Å². The number of rotatable bonds is 8. The smallest absolute Gasteiger partial charge is 0.407 e. The molecule has 34 heavy (non-hydrogen) atoms. The molecule has 8 nitrogen and oxygen atoms in total. The van der Waals surface area contributed by atoms with Crippen LogP contribution in [0.25, 0.3) is 11.1 Å². The lowest BCUT2D eigenvalue weighted by Crippen LogP contribution is -2.40. The number of carboxylic acid groups (broad SMARTS) is 1. The average molecular weight is 463 g/mol. The summed E-state index contributed by atoms with van der Waals surface area (Å²) in [5.74, 6) is 0.293. The minimum Gasteiger partial charge on any atom is -0.480 e. The van der Waals surface area contributed by atoms with Gasteiger partial charge in [-0.15, -0.1) is 6.42 Å². The molecule has 0 radical (unpaired) electrons. The maximum absolute atomic E-state index is 12.6. The van der Waals surface area contributed by atoms with Crippen LogP contribution in [0.2, 0.25) is 0 Å². The van der Waals surface area contributed by atoms with Gasteiger partial charge in [0.25, 0.3) is 0 Å². The molecular weight excluding hydrogens is 436 g/mol. The van der Waals surface area contributed by atoms with Crippen LogP contribution in [0.1, 0.15) is 23.5 Å². The first-order valence-electron chi connectivity index (χ1n) is 11.1. The Bertz CT molecular complexity index is 1080. The van der Waals surface area contributed by atoms with Crippen LogP contribution in [0.5, 0.6) is 0 Å². The standard InChI is InChI=1S/C26H26N2O6/c1-2-11-28(14-24(29)30)25(31)17-12-18(33-15-17)13-27-26(32)34-16-23-21-9-5-3-7-19(21)20-8-4-6-10-22(20)23/h1,3-10,17-18,23H,11-16H2,(H,27,32)(H,29,30)/t17-,18-/m0/s1. The Labute approximate surface area is 197 Å². The van der Waals surface area contributed by atoms with Crippen LogP contribution in [-0.4, -0.2) is 66.9 Å². The fraction of sp³-hybridized carbons (Fsp3) is 0.346. The monoisotopic (exact) mass is 462 g/mol. The SMILES string of the molecule is C#CCN(CC(=O)O)C(=O)[C@@H]1CO[C@H](CNC(=O)OCC2c3ccccc3-c3ccccc32)C1. The maximum atomic E-state index is 12.6. The summed E-state index contributed by atoms with van der Waals surface area (Å²) in [5.41, 5.74) is 4.58. The lowest BCUT2D eigenvalue weighted by Gasteiger charge is -2.21. The van der Waals surface area contributed by atoms with Gasteiger partial charge in [-0.05, 0) is 28.7 Å². The fourth-order valence-electron chi connectivity index (χ4n) is 4.61. The largest absolute Gasteiger partial charge is 0.480 e. The molecule has 1 fully saturated rings. The van der Waals surface area contributed by atoms with Gasteiger partial charge in [0.2, 0.25) is 5.91 Å². The third-order valence-corrected chi connectivity index (χ3v) is 6.17. The predicted octanol–water partition coefficient (Wildman–Crippen LogP) is 2.48. The summed E-state index contributed by atoms with van der Waals surface area (Å²) < 4.78 is 11.1. The highest BCUT2D eigenvalue weighted by Gasteiger charge is 2.34. The minimum absolute atomic E-state index is 0.0285. The van der Waals surface area contributed by atoms with Gasteiger partial charge in [0.1, 0.15) is 13.2 Å². The van der Waals surface area contributed by atoms with Crippen molar-refractivity contribution in [2.75, 3.05) is 32.8 Å². The Morgan fingerprint density at radius 1 is 1.12 bits per heavy atom. The molecule has 176 valence electrons. The van der Waals surface area contributed by atoms with Crippen molar-refractivity contribution in [3.8, 4) is 23.5 Å². The molecule has 0 spiro atoms. The second-order valence-corrected chi connectivity index (χ2v) is 8.39. The Kier molecular flexibility index (Phi) is 7.14. The summed E-state index contributed by atoms with van der Waals surface area (Å²) in [6.07, 6.45) is 4.69. The van der Waals surface area contributed by atoms with Gasteiger partial charge in [0, 0.05) is 12.5 Å². The van der Waals surface area contributed by atoms with E-state index in [0.717, 1.165) is 27.2 Å². The van der Waals surface area contributed by atoms with Crippen LogP contribution in [0.3, 0.4) is 0 Å². The van der Waals surface area contributed by atoms with Gasteiger partial charge in [-0.3, -0.25) is 9.59 Å². The van der Waals surface area contributed by atoms with E-state index in [1.54, 1.807) is 0 Å². The molecule has 8 heteroatoms. The van der Waals surface area contributed by atoms with E-state index in [9.17, 15) is 14.4 Å². The molecule has 2 atom stereocenters. The third kappa shape index (κ3) is 5.05. The summed E-state index contributed by atoms with van der Waals surface area (Å²) in [7, 11) is 0. The fourth-order valence-corrected chi connectivity index (χ4v) is 4.61. The molecule has 0 unspecified atom stereocenters. The number of nitrogens with one attached hydrogen (secondary N) is 1. The van der Waals surface area contributed by atoms with Crippen molar-refractivity contribution in [2.45, 2.75) is 18.4 Å². The van der Waals surface area contributed by atoms with E-state index >= 15 is 0 Å². The van der Waals surface area contributed by atoms with Gasteiger partial charge in [-0.25, -0.2) is 4.79 Å². The predicted molar refractivity (Wildman–Crippen MR) is 124 cm³/mol. The second-order valence-electron chi connectivity index (χ2n) is 8.39. The van der Waals surface area contributed by atoms with Gasteiger partial charge in [-0.1, -0.05) is 54.5 Å². The maximum Gasteiger partial charge on any atom is 0.407 e. The zero-order valence-electron chi connectivity index (χ0n) is 18.6. The first kappa shape index (κ1) is 23.3. The number of carboxylic acids is 1. The molecule has 2 aliphatic rings. The summed E-state index contributed by atoms with van der Waals surface area (Å²) >= 11 is 0. The zero-order chi connectivity index (χ0) is 24.1. The van der Waals surface area contributed by atoms with Crippen LogP contribution < -0.4 is 5.32 Å². The Morgan fingerprint density at radius 3 is 2.38 bits per heavy atom. The normalized spacial score (nSPS) is 18.4. The number of carbonyl (C=O) groups excluding carboxylic acids is 2. The molecule has 2 aromatic carbocycles. The number of hydrogen-bond acceptors (Lipinski definition) is 5. The molecule has 1 aliphatic heterocycles. The van der Waals surface area contributed by atoms with Crippen molar-refractivity contribution in [3.05, 3.63) is 59.7 Å². The first-order chi connectivity index (χ1) is 16.5. The zero-order valence-corrected chi connectivity index (χ0v) is 18.6. The van der Waals surface area contributed by atoms with Gasteiger partial charge in [-0.2, -0.15) is 0 Å². The molecule has 2 amide bonds. The number of amides is 2. The van der Waals surface area contributed by atoms with E-state index in [2.05, 4.69) is 35.5 Å². The molecule has 2 aromatic rings. The Hall–Kier alpha value is -3.83. The molecule has 0 bridgehead atoms. The molecular formula is C26H26N2O6. The van der Waals surface area contributed by atoms with Crippen LogP contribution in [0.4, 0.5) is 4.79 Å². The van der Waals surface area contributed by atoms with E-state index in [1.807, 2.05) is 24.3 Å². The number of fused-ring (bicyclic) bond motifs is 3. The number of benzene rings is 2. The number of ether oxygens (including phenoxy) is 2. The second kappa shape index (κ2) is 10.4. The quantitative estimate of drug-likeness (QED) is 0.584. The summed E-state index contributed by atoms with van der Waals surface area (Å²) in [5, 5.41) is 11.7. The summed E-state index contributed by atoms with van der Waals surface area (Å²) in [6, 6.07) is 16.2. The van der Waals surface area contributed by atoms with E-state index in [4.69, 9.17) is 21.0 Å². The van der Waals surface area contributed by atoms with Gasteiger partial charge < -0.3 is 24.8 Å². The number of alkyl carbamates (subject to hydrolysis) is 1. The highest BCUT2D eigenvalue weighted by molar-refractivity contribution is 5.83. The Balaban J connectivity index is 1.27. The van der Waals surface area contributed by atoms with E-state index in [0.29, 0.717) is 6.42 Å². The molecule has 1 aliphatic carbocycles. The van der Waals surface area contributed by atoms with Crippen molar-refractivity contribution in [1.29, 1.82) is 0 Å². The van der Waals surface area contributed by atoms with Crippen LogP contribution in [0, 0.1) is 18.3 Å². The molecule has 0 aromatic heterocycles. The summed E-state index contributed by atoms with van der Waals surface area (Å²) in [4.78, 5) is 37.0. The highest BCUT2D eigenvalue weighted by atomic mass is 16.5. The van der Waals surface area contributed by atoms with Crippen molar-refractivity contribution in [2.24, 2.45) is 5.92 Å². The first-order valence-corrected chi connectivity index (χ1v) is 11.1. The number of hydrogen-bond donors (Lipinski definition) is 2. The van der Waals surface area contributed by atoms with E-state index in [1.165, 1.54) is 0 Å². The molecule has 2 N–H and O–H groups in total. The number of terminal acetylenes is 1. The molecule has 1 saturated heterocycles. The van der Waals surface area contributed by atoms with Crippen molar-refractivity contribution in [1.82, 2.24) is 10.2 Å². The highest BCUT2D eigenvalue weighted by Crippen LogP contribution is 2.44. The topological polar surface area (TPSA) is 105 Å². The minimum atomic E-state index is -1.13. The van der Waals surface area contributed by atoms with Gasteiger partial charge in [0.05, 0.1) is 25.2 Å². The number of carbonyl (C=O) groups is 3. The average Bonchev–Trinajstić information content (AvgIpc) is 3.43. The van der Waals surface area contributed by atoms with Crippen molar-refractivity contribution in [3.63, 3.8) is 0 Å². The third-order valence-electron chi connectivity index (χ3n) is 6.17. The lowest BCUT2D eigenvalue weighted by molar-refractivity contribution is -0.145. The molecule has 1 heterocycles. The Morgan fingerprint density at radius 2 is 1.76 bits per heavy atom. The van der Waals surface area contributed by atoms with Crippen molar-refractivity contribution >= 4 is 18.0 Å².